The molecular weight excluding hydrogens is 242 g/mol. The van der Waals surface area contributed by atoms with E-state index in [0.717, 1.165) is 22.5 Å². The Morgan fingerprint density at radius 2 is 1.94 bits per heavy atom. The minimum Gasteiger partial charge on any atom is -0.330 e. The second-order valence-corrected chi connectivity index (χ2v) is 5.13. The summed E-state index contributed by atoms with van der Waals surface area (Å²) >= 11 is 1.69. The lowest BCUT2D eigenvalue weighted by atomic mass is 10.1. The van der Waals surface area contributed by atoms with Crippen molar-refractivity contribution in [1.29, 1.82) is 0 Å². The molecule has 0 amide bonds. The van der Waals surface area contributed by atoms with Gasteiger partial charge < -0.3 is 5.73 Å². The van der Waals surface area contributed by atoms with Gasteiger partial charge in [0.2, 0.25) is 0 Å². The van der Waals surface area contributed by atoms with Crippen LogP contribution in [0.25, 0.3) is 20.8 Å². The van der Waals surface area contributed by atoms with Gasteiger partial charge in [-0.15, -0.1) is 11.3 Å². The summed E-state index contributed by atoms with van der Waals surface area (Å²) < 4.78 is 1.17. The van der Waals surface area contributed by atoms with Gasteiger partial charge in [-0.3, -0.25) is 4.98 Å². The minimum atomic E-state index is 0.687. The molecule has 0 saturated carbocycles. The van der Waals surface area contributed by atoms with E-state index >= 15 is 0 Å². The van der Waals surface area contributed by atoms with Gasteiger partial charge in [0.1, 0.15) is 10.5 Å². The molecular formula is C14H13N3S. The average molecular weight is 255 g/mol. The summed E-state index contributed by atoms with van der Waals surface area (Å²) in [6.45, 7) is 0.687. The van der Waals surface area contributed by atoms with Gasteiger partial charge in [-0.05, 0) is 24.6 Å². The Morgan fingerprint density at radius 1 is 1.11 bits per heavy atom. The van der Waals surface area contributed by atoms with Crippen molar-refractivity contribution < 1.29 is 0 Å². The lowest BCUT2D eigenvalue weighted by molar-refractivity contribution is 0.969. The highest BCUT2D eigenvalue weighted by atomic mass is 32.1. The molecule has 0 radical (unpaired) electrons. The quantitative estimate of drug-likeness (QED) is 0.783. The summed E-state index contributed by atoms with van der Waals surface area (Å²) in [5, 5.41) is 1.04. The third kappa shape index (κ3) is 2.12. The summed E-state index contributed by atoms with van der Waals surface area (Å²) in [6, 6.07) is 10.4. The molecule has 0 bridgehead atoms. The van der Waals surface area contributed by atoms with E-state index in [9.17, 15) is 0 Å². The molecule has 18 heavy (non-hydrogen) atoms. The molecule has 3 rings (SSSR count). The first-order valence-electron chi connectivity index (χ1n) is 5.87. The first-order valence-corrected chi connectivity index (χ1v) is 6.68. The Morgan fingerprint density at radius 3 is 2.67 bits per heavy atom. The summed E-state index contributed by atoms with van der Waals surface area (Å²) in [5.74, 6) is 0. The fourth-order valence-electron chi connectivity index (χ4n) is 1.88. The third-order valence-electron chi connectivity index (χ3n) is 2.82. The summed E-state index contributed by atoms with van der Waals surface area (Å²) in [5.41, 5.74) is 8.92. The molecule has 0 fully saturated rings. The molecule has 0 unspecified atom stereocenters. The van der Waals surface area contributed by atoms with Gasteiger partial charge in [-0.1, -0.05) is 24.3 Å². The molecule has 0 atom stereocenters. The number of pyridine rings is 1. The van der Waals surface area contributed by atoms with Crippen molar-refractivity contribution in [2.75, 3.05) is 6.54 Å². The van der Waals surface area contributed by atoms with Crippen LogP contribution < -0.4 is 5.73 Å². The van der Waals surface area contributed by atoms with Gasteiger partial charge in [0, 0.05) is 11.8 Å². The van der Waals surface area contributed by atoms with Crippen molar-refractivity contribution in [3.63, 3.8) is 0 Å². The first-order chi connectivity index (χ1) is 8.86. The fraction of sp³-hybridized carbons (Fsp3) is 0.143. The summed E-state index contributed by atoms with van der Waals surface area (Å²) in [4.78, 5) is 8.68. The highest BCUT2D eigenvalue weighted by Gasteiger charge is 2.05. The highest BCUT2D eigenvalue weighted by molar-refractivity contribution is 7.21. The summed E-state index contributed by atoms with van der Waals surface area (Å²) in [7, 11) is 0. The van der Waals surface area contributed by atoms with Crippen LogP contribution in [0.1, 0.15) is 5.56 Å². The van der Waals surface area contributed by atoms with Crippen molar-refractivity contribution in [3.05, 3.63) is 48.3 Å². The van der Waals surface area contributed by atoms with Gasteiger partial charge in [-0.2, -0.15) is 0 Å². The predicted molar refractivity (Wildman–Crippen MR) is 75.6 cm³/mol. The SMILES string of the molecule is NCCc1ccc(-c2nc3cnccc3s2)cc1. The van der Waals surface area contributed by atoms with E-state index in [1.165, 1.54) is 10.3 Å². The van der Waals surface area contributed by atoms with E-state index in [-0.39, 0.29) is 0 Å². The molecule has 90 valence electrons. The molecule has 3 nitrogen and oxygen atoms in total. The number of thiazole rings is 1. The first kappa shape index (κ1) is 11.3. The lowest BCUT2D eigenvalue weighted by Gasteiger charge is -2.00. The molecule has 0 aliphatic heterocycles. The normalized spacial score (nSPS) is 10.9. The van der Waals surface area contributed by atoms with Crippen LogP contribution in [0.2, 0.25) is 0 Å². The van der Waals surface area contributed by atoms with Crippen LogP contribution in [0, 0.1) is 0 Å². The number of nitrogens with two attached hydrogens (primary N) is 1. The number of fused-ring (bicyclic) bond motifs is 1. The van der Waals surface area contributed by atoms with Gasteiger partial charge >= 0.3 is 0 Å². The standard InChI is InChI=1S/C14H13N3S/c15-7-5-10-1-3-11(4-2-10)14-17-12-9-16-8-6-13(12)18-14/h1-4,6,8-9H,5,7,15H2. The number of hydrogen-bond acceptors (Lipinski definition) is 4. The second-order valence-electron chi connectivity index (χ2n) is 4.10. The van der Waals surface area contributed by atoms with E-state index < -0.39 is 0 Å². The topological polar surface area (TPSA) is 51.8 Å². The van der Waals surface area contributed by atoms with Crippen LogP contribution in [-0.4, -0.2) is 16.5 Å². The zero-order chi connectivity index (χ0) is 12.4. The molecule has 0 spiro atoms. The largest absolute Gasteiger partial charge is 0.330 e. The van der Waals surface area contributed by atoms with Crippen LogP contribution in [0.15, 0.2) is 42.7 Å². The van der Waals surface area contributed by atoms with Crippen LogP contribution in [-0.2, 0) is 6.42 Å². The highest BCUT2D eigenvalue weighted by Crippen LogP contribution is 2.29. The Kier molecular flexibility index (Phi) is 3.04. The maximum absolute atomic E-state index is 5.54. The van der Waals surface area contributed by atoms with E-state index in [2.05, 4.69) is 34.2 Å². The minimum absolute atomic E-state index is 0.687. The van der Waals surface area contributed by atoms with Gasteiger partial charge in [-0.25, -0.2) is 4.98 Å². The summed E-state index contributed by atoms with van der Waals surface area (Å²) in [6.07, 6.45) is 4.52. The van der Waals surface area contributed by atoms with E-state index in [1.807, 2.05) is 6.07 Å². The molecule has 2 heterocycles. The zero-order valence-electron chi connectivity index (χ0n) is 9.84. The zero-order valence-corrected chi connectivity index (χ0v) is 10.7. The van der Waals surface area contributed by atoms with Crippen molar-refractivity contribution in [2.45, 2.75) is 6.42 Å². The fourth-order valence-corrected chi connectivity index (χ4v) is 2.82. The molecule has 2 aromatic heterocycles. The monoisotopic (exact) mass is 255 g/mol. The van der Waals surface area contributed by atoms with E-state index in [1.54, 1.807) is 23.7 Å². The Bertz CT molecular complexity index is 625. The van der Waals surface area contributed by atoms with Gasteiger partial charge in [0.05, 0.1) is 10.9 Å². The maximum atomic E-state index is 5.54. The number of hydrogen-bond donors (Lipinski definition) is 1. The molecule has 2 N–H and O–H groups in total. The Balaban J connectivity index is 1.98. The number of benzene rings is 1. The molecule has 3 aromatic rings. The molecule has 0 aliphatic rings. The molecule has 1 aromatic carbocycles. The van der Waals surface area contributed by atoms with Crippen LogP contribution in [0.5, 0.6) is 0 Å². The Labute approximate surface area is 109 Å². The number of nitrogens with zero attached hydrogens (tertiary/aromatic N) is 2. The van der Waals surface area contributed by atoms with Crippen molar-refractivity contribution >= 4 is 21.6 Å². The number of aromatic nitrogens is 2. The predicted octanol–water partition coefficient (Wildman–Crippen LogP) is 2.86. The van der Waals surface area contributed by atoms with Crippen LogP contribution in [0.3, 0.4) is 0 Å². The smallest absolute Gasteiger partial charge is 0.124 e. The molecule has 4 heteroatoms. The third-order valence-corrected chi connectivity index (χ3v) is 3.91. The van der Waals surface area contributed by atoms with Crippen molar-refractivity contribution in [1.82, 2.24) is 9.97 Å². The van der Waals surface area contributed by atoms with E-state index in [4.69, 9.17) is 5.73 Å². The number of rotatable bonds is 3. The second kappa shape index (κ2) is 4.84. The van der Waals surface area contributed by atoms with Crippen molar-refractivity contribution in [3.8, 4) is 10.6 Å². The van der Waals surface area contributed by atoms with Gasteiger partial charge in [0.25, 0.3) is 0 Å². The molecule has 0 aliphatic carbocycles. The Hall–Kier alpha value is -1.78. The van der Waals surface area contributed by atoms with Crippen molar-refractivity contribution in [2.24, 2.45) is 5.73 Å². The average Bonchev–Trinajstić information content (AvgIpc) is 2.84. The molecule has 0 saturated heterocycles. The van der Waals surface area contributed by atoms with Crippen LogP contribution >= 0.6 is 11.3 Å². The van der Waals surface area contributed by atoms with Gasteiger partial charge in [0.15, 0.2) is 0 Å². The maximum Gasteiger partial charge on any atom is 0.124 e. The lowest BCUT2D eigenvalue weighted by Crippen LogP contribution is -2.02. The van der Waals surface area contributed by atoms with E-state index in [0.29, 0.717) is 6.54 Å². The van der Waals surface area contributed by atoms with Crippen LogP contribution in [0.4, 0.5) is 0 Å².